The van der Waals surface area contributed by atoms with E-state index < -0.39 is 14.0 Å². The molecule has 0 aromatic heterocycles. The first-order chi connectivity index (χ1) is 13.3. The van der Waals surface area contributed by atoms with Crippen LogP contribution in [-0.2, 0) is 14.0 Å². The molecule has 174 valence electrons. The molecule has 0 aromatic carbocycles. The van der Waals surface area contributed by atoms with Gasteiger partial charge < -0.3 is 0 Å². The molecule has 0 bridgehead atoms. The Balaban J connectivity index is 0.00000420. The SMILES string of the molecule is CCCCC1=[C]([Ti]([CH3])([CH3])(=[SiH2])[C]2=C(CCCC)C=C(CCC)C2)CC(CCC)=C1.Cl.Cl. The van der Waals surface area contributed by atoms with E-state index in [-0.39, 0.29) is 24.8 Å². The third kappa shape index (κ3) is 7.24. The van der Waals surface area contributed by atoms with Gasteiger partial charge >= 0.3 is 179 Å². The summed E-state index contributed by atoms with van der Waals surface area (Å²) in [6.45, 7) is 9.35. The van der Waals surface area contributed by atoms with Crippen LogP contribution in [0.3, 0.4) is 0 Å². The first-order valence-electron chi connectivity index (χ1n) is 12.2. The maximum atomic E-state index is 2.75. The quantitative estimate of drug-likeness (QED) is 0.231. The molecule has 4 heteroatoms. The van der Waals surface area contributed by atoms with Crippen molar-refractivity contribution in [3.8, 4) is 0 Å². The zero-order chi connectivity index (χ0) is 20.8. The summed E-state index contributed by atoms with van der Waals surface area (Å²) in [7, 11) is 2.47. The standard InChI is InChI=1S/2C12H19.2CH3.2ClH.H2Si.Ti/c2*1-3-5-7-12-9-8-11(10-12)6-4-2;;;;;;/h2*10H,3-8H2,1-2H3;2*1H3;2*1H;1H2;. The molecule has 2 aliphatic rings. The van der Waals surface area contributed by atoms with Crippen LogP contribution < -0.4 is 0 Å². The summed E-state index contributed by atoms with van der Waals surface area (Å²) in [4.78, 5) is 0. The van der Waals surface area contributed by atoms with Crippen molar-refractivity contribution in [1.29, 1.82) is 0 Å². The molecule has 0 heterocycles. The molecule has 0 N–H and O–H groups in total. The Morgan fingerprint density at radius 1 is 0.667 bits per heavy atom. The number of allylic oxidation sites excluding steroid dienone is 8. The number of halogens is 2. The minimum Gasteiger partial charge on any atom is -0.147 e. The second-order valence-corrected chi connectivity index (χ2v) is 29.4. The maximum Gasteiger partial charge on any atom is -0.147 e. The molecular weight excluding hydrogens is 459 g/mol. The van der Waals surface area contributed by atoms with Gasteiger partial charge in [0, 0.05) is 0 Å². The minimum absolute atomic E-state index is 0. The molecule has 30 heavy (non-hydrogen) atoms. The monoisotopic (exact) mass is 506 g/mol. The van der Waals surface area contributed by atoms with E-state index in [1.54, 1.807) is 22.3 Å². The predicted octanol–water partition coefficient (Wildman–Crippen LogP) is 9.31. The largest absolute Gasteiger partial charge is 0.147 e. The zero-order valence-electron chi connectivity index (χ0n) is 20.7. The van der Waals surface area contributed by atoms with Gasteiger partial charge in [0.05, 0.1) is 0 Å². The molecule has 0 saturated heterocycles. The van der Waals surface area contributed by atoms with E-state index in [4.69, 9.17) is 0 Å². The average Bonchev–Trinajstić information content (AvgIpc) is 3.24. The van der Waals surface area contributed by atoms with E-state index in [2.05, 4.69) is 57.9 Å². The molecule has 0 nitrogen and oxygen atoms in total. The van der Waals surface area contributed by atoms with E-state index in [1.807, 2.05) is 7.76 Å². The molecule has 2 rings (SSSR count). The summed E-state index contributed by atoms with van der Waals surface area (Å²) >= 11 is -2.86. The van der Waals surface area contributed by atoms with Gasteiger partial charge in [0.1, 0.15) is 0 Å². The molecule has 0 aromatic rings. The molecule has 0 unspecified atom stereocenters. The van der Waals surface area contributed by atoms with Crippen molar-refractivity contribution in [3.63, 3.8) is 0 Å². The van der Waals surface area contributed by atoms with E-state index in [1.165, 1.54) is 77.0 Å². The van der Waals surface area contributed by atoms with Crippen molar-refractivity contribution < 1.29 is 14.0 Å². The van der Waals surface area contributed by atoms with Gasteiger partial charge in [0.25, 0.3) is 0 Å². The predicted molar refractivity (Wildman–Crippen MR) is 143 cm³/mol. The van der Waals surface area contributed by atoms with Gasteiger partial charge in [-0.05, 0) is 0 Å². The van der Waals surface area contributed by atoms with Crippen LogP contribution in [0.1, 0.15) is 105 Å². The Bertz CT molecular complexity index is 704. The second kappa shape index (κ2) is 13.2. The number of hydrogen-bond donors (Lipinski definition) is 0. The van der Waals surface area contributed by atoms with Crippen molar-refractivity contribution in [2.24, 2.45) is 0 Å². The summed E-state index contributed by atoms with van der Waals surface area (Å²) in [5.74, 6) is 0. The molecule has 0 amide bonds. The zero-order valence-corrected chi connectivity index (χ0v) is 25.3. The first kappa shape index (κ1) is 30.5. The Labute approximate surface area is 202 Å². The summed E-state index contributed by atoms with van der Waals surface area (Å²) < 4.78 is 3.87. The fraction of sp³-hybridized carbons (Fsp3) is 0.692. The van der Waals surface area contributed by atoms with E-state index in [0.29, 0.717) is 0 Å². The summed E-state index contributed by atoms with van der Waals surface area (Å²) in [6.07, 6.45) is 21.0. The molecule has 0 radical (unpaired) electrons. The van der Waals surface area contributed by atoms with Crippen LogP contribution in [0.4, 0.5) is 0 Å². The van der Waals surface area contributed by atoms with Crippen LogP contribution in [0.15, 0.2) is 42.2 Å². The van der Waals surface area contributed by atoms with E-state index in [0.717, 1.165) is 0 Å². The smallest absolute Gasteiger partial charge is 0.147 e. The normalized spacial score (nSPS) is 17.0. The fourth-order valence-electron chi connectivity index (χ4n) is 5.37. The van der Waals surface area contributed by atoms with Crippen molar-refractivity contribution in [2.45, 2.75) is 115 Å². The molecule has 0 aliphatic heterocycles. The summed E-state index contributed by atoms with van der Waals surface area (Å²) in [6, 6.07) is 0. The van der Waals surface area contributed by atoms with E-state index in [9.17, 15) is 0 Å². The topological polar surface area (TPSA) is 0 Å². The molecule has 0 saturated carbocycles. The number of unbranched alkanes of at least 4 members (excludes halogenated alkanes) is 2. The van der Waals surface area contributed by atoms with Gasteiger partial charge in [-0.3, -0.25) is 0 Å². The molecule has 2 aliphatic carbocycles. The Morgan fingerprint density at radius 3 is 1.33 bits per heavy atom. The van der Waals surface area contributed by atoms with Gasteiger partial charge in [-0.2, -0.15) is 0 Å². The summed E-state index contributed by atoms with van der Waals surface area (Å²) in [5, 5.41) is 5.51. The van der Waals surface area contributed by atoms with Crippen molar-refractivity contribution in [2.75, 3.05) is 0 Å². The third-order valence-corrected chi connectivity index (χ3v) is 18.1. The van der Waals surface area contributed by atoms with Crippen LogP contribution >= 0.6 is 24.8 Å². The third-order valence-electron chi connectivity index (χ3n) is 7.02. The molecule has 0 spiro atoms. The fourth-order valence-corrected chi connectivity index (χ4v) is 15.2. The second-order valence-electron chi connectivity index (χ2n) is 10.4. The Hall–Kier alpha value is 0.471. The Morgan fingerprint density at radius 2 is 1.03 bits per heavy atom. The van der Waals surface area contributed by atoms with Gasteiger partial charge in [0.15, 0.2) is 0 Å². The van der Waals surface area contributed by atoms with Crippen LogP contribution in [-0.4, -0.2) is 7.63 Å². The van der Waals surface area contributed by atoms with Gasteiger partial charge in [-0.25, -0.2) is 0 Å². The minimum atomic E-state index is -2.86. The van der Waals surface area contributed by atoms with E-state index >= 15 is 0 Å². The molecule has 0 fully saturated rings. The molecule has 0 atom stereocenters. The van der Waals surface area contributed by atoms with Crippen LogP contribution in [0.2, 0.25) is 10.5 Å². The van der Waals surface area contributed by atoms with Crippen LogP contribution in [0, 0.1) is 0 Å². The van der Waals surface area contributed by atoms with Gasteiger partial charge in [0.2, 0.25) is 0 Å². The van der Waals surface area contributed by atoms with Crippen molar-refractivity contribution in [1.82, 2.24) is 0 Å². The summed E-state index contributed by atoms with van der Waals surface area (Å²) in [5.41, 5.74) is 6.97. The van der Waals surface area contributed by atoms with Crippen molar-refractivity contribution in [3.05, 3.63) is 42.2 Å². The van der Waals surface area contributed by atoms with Gasteiger partial charge in [-0.1, -0.05) is 0 Å². The maximum absolute atomic E-state index is 2.86. The van der Waals surface area contributed by atoms with Crippen LogP contribution in [0.5, 0.6) is 0 Å². The first-order valence-corrected chi connectivity index (χ1v) is 20.9. The van der Waals surface area contributed by atoms with Crippen LogP contribution in [0.25, 0.3) is 0 Å². The van der Waals surface area contributed by atoms with Crippen molar-refractivity contribution >= 4 is 32.4 Å². The average molecular weight is 508 g/mol. The number of rotatable bonds is 12. The van der Waals surface area contributed by atoms with Gasteiger partial charge in [-0.15, -0.1) is 24.8 Å². The number of hydrogen-bond acceptors (Lipinski definition) is 0. The molecular formula is C26H48Cl2SiTi. The Kier molecular flexibility index (Phi) is 13.5.